The summed E-state index contributed by atoms with van der Waals surface area (Å²) in [5.74, 6) is -0.281. The normalized spacial score (nSPS) is 22.2. The van der Waals surface area contributed by atoms with Crippen LogP contribution in [0.25, 0.3) is 0 Å². The van der Waals surface area contributed by atoms with E-state index in [1.54, 1.807) is 31.4 Å². The Labute approximate surface area is 242 Å². The number of benzene rings is 2. The summed E-state index contributed by atoms with van der Waals surface area (Å²) >= 11 is 0. The molecule has 226 valence electrons. The first-order chi connectivity index (χ1) is 19.5. The Hall–Kier alpha value is -3.18. The zero-order valence-electron chi connectivity index (χ0n) is 25.4. The van der Waals surface area contributed by atoms with Crippen molar-refractivity contribution >= 4 is 11.9 Å². The molecule has 1 saturated heterocycles. The highest BCUT2D eigenvalue weighted by Gasteiger charge is 2.44. The van der Waals surface area contributed by atoms with Crippen molar-refractivity contribution in [3.05, 3.63) is 57.6 Å². The minimum Gasteiger partial charge on any atom is -0.467 e. The Morgan fingerprint density at radius 2 is 1.27 bits per heavy atom. The largest absolute Gasteiger partial charge is 0.467 e. The summed E-state index contributed by atoms with van der Waals surface area (Å²) in [6.45, 7) is 11.5. The summed E-state index contributed by atoms with van der Waals surface area (Å²) in [7, 11) is 4.60. The highest BCUT2D eigenvalue weighted by molar-refractivity contribution is 5.91. The molecule has 41 heavy (non-hydrogen) atoms. The fourth-order valence-electron chi connectivity index (χ4n) is 4.71. The lowest BCUT2D eigenvalue weighted by Crippen LogP contribution is -2.53. The van der Waals surface area contributed by atoms with Gasteiger partial charge in [0.25, 0.3) is 0 Å². The van der Waals surface area contributed by atoms with Gasteiger partial charge in [0.2, 0.25) is 0 Å². The Bertz CT molecular complexity index is 1210. The van der Waals surface area contributed by atoms with Gasteiger partial charge in [0.1, 0.15) is 30.3 Å². The Kier molecular flexibility index (Phi) is 11.5. The van der Waals surface area contributed by atoms with Crippen LogP contribution in [0, 0.1) is 39.5 Å². The van der Waals surface area contributed by atoms with E-state index in [0.717, 1.165) is 22.3 Å². The van der Waals surface area contributed by atoms with Crippen LogP contribution in [0.15, 0.2) is 24.3 Å². The van der Waals surface area contributed by atoms with E-state index < -0.39 is 30.4 Å². The van der Waals surface area contributed by atoms with Crippen LogP contribution in [0.2, 0.25) is 0 Å². The van der Waals surface area contributed by atoms with Crippen LogP contribution in [0.1, 0.15) is 56.8 Å². The maximum absolute atomic E-state index is 13.4. The SMILES string of the molecule is COCOc1cc(C(=O)OCC2OC(OC)C(C)C(C)C2OC(=O)c2cc(C)c(C)c(OCOC)c2)cc(C)c1C. The lowest BCUT2D eigenvalue weighted by molar-refractivity contribution is -0.259. The van der Waals surface area contributed by atoms with E-state index in [9.17, 15) is 9.59 Å². The summed E-state index contributed by atoms with van der Waals surface area (Å²) < 4.78 is 44.6. The molecule has 2 aromatic carbocycles. The lowest BCUT2D eigenvalue weighted by atomic mass is 9.84. The van der Waals surface area contributed by atoms with Gasteiger partial charge < -0.3 is 37.9 Å². The summed E-state index contributed by atoms with van der Waals surface area (Å²) in [4.78, 5) is 26.5. The molecule has 1 aliphatic rings. The van der Waals surface area contributed by atoms with Crippen molar-refractivity contribution in [2.45, 2.75) is 60.0 Å². The first-order valence-corrected chi connectivity index (χ1v) is 13.5. The van der Waals surface area contributed by atoms with Gasteiger partial charge in [0.05, 0.1) is 11.1 Å². The Balaban J connectivity index is 1.81. The molecule has 0 N–H and O–H groups in total. The standard InChI is InChI=1S/C31H42O10/c1-17-10-23(12-25(19(17)3)38-15-34-7)29(32)37-14-27-28(21(5)22(6)31(36-9)40-27)41-30(33)24-11-18(2)20(4)26(13-24)39-16-35-8/h10-13,21-22,27-28,31H,14-16H2,1-9H3. The number of esters is 2. The van der Waals surface area contributed by atoms with Crippen LogP contribution >= 0.6 is 0 Å². The number of ether oxygens (including phenoxy) is 8. The van der Waals surface area contributed by atoms with Crippen LogP contribution in [0.5, 0.6) is 11.5 Å². The third-order valence-corrected chi connectivity index (χ3v) is 7.68. The molecule has 5 atom stereocenters. The molecule has 1 aliphatic heterocycles. The molecule has 0 amide bonds. The van der Waals surface area contributed by atoms with Gasteiger partial charge in [-0.1, -0.05) is 13.8 Å². The minimum atomic E-state index is -0.759. The smallest absolute Gasteiger partial charge is 0.338 e. The van der Waals surface area contributed by atoms with Crippen LogP contribution in [-0.4, -0.2) is 72.0 Å². The second-order valence-electron chi connectivity index (χ2n) is 10.4. The van der Waals surface area contributed by atoms with Crippen molar-refractivity contribution in [3.63, 3.8) is 0 Å². The number of hydrogen-bond donors (Lipinski definition) is 0. The molecule has 0 radical (unpaired) electrons. The number of aryl methyl sites for hydroxylation is 2. The first-order valence-electron chi connectivity index (χ1n) is 13.5. The van der Waals surface area contributed by atoms with E-state index in [0.29, 0.717) is 22.6 Å². The summed E-state index contributed by atoms with van der Waals surface area (Å²) in [5, 5.41) is 0. The fraction of sp³-hybridized carbons (Fsp3) is 0.548. The van der Waals surface area contributed by atoms with E-state index in [1.807, 2.05) is 41.5 Å². The zero-order valence-corrected chi connectivity index (χ0v) is 25.4. The van der Waals surface area contributed by atoms with E-state index in [-0.39, 0.29) is 32.0 Å². The molecule has 2 aromatic rings. The van der Waals surface area contributed by atoms with Gasteiger partial charge in [-0.3, -0.25) is 0 Å². The third-order valence-electron chi connectivity index (χ3n) is 7.68. The number of carbonyl (C=O) groups excluding carboxylic acids is 2. The van der Waals surface area contributed by atoms with E-state index in [2.05, 4.69) is 0 Å². The van der Waals surface area contributed by atoms with Crippen molar-refractivity contribution in [1.82, 2.24) is 0 Å². The molecule has 5 unspecified atom stereocenters. The van der Waals surface area contributed by atoms with Crippen molar-refractivity contribution in [2.75, 3.05) is 41.5 Å². The molecule has 1 fully saturated rings. The molecular weight excluding hydrogens is 532 g/mol. The summed E-state index contributed by atoms with van der Waals surface area (Å²) in [6.07, 6.45) is -2.03. The van der Waals surface area contributed by atoms with Gasteiger partial charge in [0, 0.05) is 33.2 Å². The monoisotopic (exact) mass is 574 g/mol. The predicted octanol–water partition coefficient (Wildman–Crippen LogP) is 4.91. The number of rotatable bonds is 12. The second-order valence-corrected chi connectivity index (χ2v) is 10.4. The molecule has 1 heterocycles. The lowest BCUT2D eigenvalue weighted by Gasteiger charge is -2.43. The van der Waals surface area contributed by atoms with Crippen LogP contribution in [0.3, 0.4) is 0 Å². The van der Waals surface area contributed by atoms with Gasteiger partial charge in [0.15, 0.2) is 19.9 Å². The molecule has 0 saturated carbocycles. The minimum absolute atomic E-state index is 0.0517. The maximum Gasteiger partial charge on any atom is 0.338 e. The van der Waals surface area contributed by atoms with Crippen molar-refractivity contribution in [3.8, 4) is 11.5 Å². The van der Waals surface area contributed by atoms with E-state index in [4.69, 9.17) is 37.9 Å². The van der Waals surface area contributed by atoms with E-state index >= 15 is 0 Å². The van der Waals surface area contributed by atoms with E-state index in [1.165, 1.54) is 14.2 Å². The predicted molar refractivity (Wildman–Crippen MR) is 150 cm³/mol. The van der Waals surface area contributed by atoms with Gasteiger partial charge in [-0.25, -0.2) is 9.59 Å². The van der Waals surface area contributed by atoms with Gasteiger partial charge in [-0.05, 0) is 74.2 Å². The van der Waals surface area contributed by atoms with Gasteiger partial charge >= 0.3 is 11.9 Å². The van der Waals surface area contributed by atoms with Gasteiger partial charge in [-0.2, -0.15) is 0 Å². The number of methoxy groups -OCH3 is 3. The van der Waals surface area contributed by atoms with Crippen LogP contribution in [0.4, 0.5) is 0 Å². The topological polar surface area (TPSA) is 108 Å². The maximum atomic E-state index is 13.4. The van der Waals surface area contributed by atoms with Crippen molar-refractivity contribution in [1.29, 1.82) is 0 Å². The summed E-state index contributed by atoms with van der Waals surface area (Å²) in [6, 6.07) is 6.75. The molecule has 10 nitrogen and oxygen atoms in total. The number of hydrogen-bond acceptors (Lipinski definition) is 10. The number of carbonyl (C=O) groups is 2. The molecule has 0 aliphatic carbocycles. The first kappa shape index (κ1) is 32.3. The highest BCUT2D eigenvalue weighted by Crippen LogP contribution is 2.35. The molecule has 0 bridgehead atoms. The van der Waals surface area contributed by atoms with Crippen LogP contribution in [-0.2, 0) is 28.4 Å². The fourth-order valence-corrected chi connectivity index (χ4v) is 4.71. The molecule has 3 rings (SSSR count). The molecule has 0 spiro atoms. The summed E-state index contributed by atoms with van der Waals surface area (Å²) in [5.41, 5.74) is 4.20. The third kappa shape index (κ3) is 7.77. The van der Waals surface area contributed by atoms with Gasteiger partial charge in [-0.15, -0.1) is 0 Å². The Morgan fingerprint density at radius 1 is 0.756 bits per heavy atom. The molecule has 10 heteroatoms. The quantitative estimate of drug-likeness (QED) is 0.256. The second kappa shape index (κ2) is 14.6. The molecular formula is C31H42O10. The van der Waals surface area contributed by atoms with Crippen molar-refractivity contribution < 1.29 is 47.5 Å². The Morgan fingerprint density at radius 3 is 1.76 bits per heavy atom. The highest BCUT2D eigenvalue weighted by atomic mass is 16.7. The van der Waals surface area contributed by atoms with Crippen molar-refractivity contribution in [2.24, 2.45) is 11.8 Å². The molecule has 0 aromatic heterocycles. The average Bonchev–Trinajstić information content (AvgIpc) is 2.96. The van der Waals surface area contributed by atoms with Crippen LogP contribution < -0.4 is 9.47 Å². The zero-order chi connectivity index (χ0) is 30.3. The average molecular weight is 575 g/mol.